The van der Waals surface area contributed by atoms with Crippen LogP contribution >= 0.6 is 34.3 Å². The van der Waals surface area contributed by atoms with Gasteiger partial charge in [-0.05, 0) is 71.1 Å². The van der Waals surface area contributed by atoms with Crippen LogP contribution in [-0.2, 0) is 6.42 Å². The molecule has 18 heteroatoms. The second-order valence-corrected chi connectivity index (χ2v) is 12.6. The average Bonchev–Trinajstić information content (AvgIpc) is 3.88. The summed E-state index contributed by atoms with van der Waals surface area (Å²) in [7, 11) is 0. The lowest BCUT2D eigenvalue weighted by Gasteiger charge is -2.09. The van der Waals surface area contributed by atoms with Crippen molar-refractivity contribution in [2.75, 3.05) is 18.7 Å². The summed E-state index contributed by atoms with van der Waals surface area (Å²) in [6.07, 6.45) is 7.28. The van der Waals surface area contributed by atoms with Crippen molar-refractivity contribution in [2.24, 2.45) is 0 Å². The maximum atomic E-state index is 11.2. The smallest absolute Gasteiger partial charge is 0.326 e. The number of halogens is 1. The second kappa shape index (κ2) is 13.7. The third-order valence-electron chi connectivity index (χ3n) is 7.09. The number of nitrogens with zero attached hydrogens (tertiary/aromatic N) is 8. The van der Waals surface area contributed by atoms with Crippen LogP contribution in [0.15, 0.2) is 79.4 Å². The fourth-order valence-electron chi connectivity index (χ4n) is 4.78. The summed E-state index contributed by atoms with van der Waals surface area (Å²) in [4.78, 5) is 47.7. The van der Waals surface area contributed by atoms with E-state index >= 15 is 0 Å². The molecule has 7 heterocycles. The molecule has 0 radical (unpaired) electrons. The Hall–Kier alpha value is -5.91. The van der Waals surface area contributed by atoms with Gasteiger partial charge in [0.25, 0.3) is 0 Å². The van der Waals surface area contributed by atoms with E-state index in [4.69, 9.17) is 21.1 Å². The number of hydrogen-bond donors (Lipinski definition) is 1. The Morgan fingerprint density at radius 2 is 1.31 bits per heavy atom. The van der Waals surface area contributed by atoms with Crippen molar-refractivity contribution in [1.82, 2.24) is 29.9 Å². The molecule has 1 aliphatic rings. The summed E-state index contributed by atoms with van der Waals surface area (Å²) in [6, 6.07) is 15.8. The van der Waals surface area contributed by atoms with Crippen molar-refractivity contribution in [2.45, 2.75) is 6.42 Å². The molecule has 8 rings (SSSR count). The van der Waals surface area contributed by atoms with Gasteiger partial charge in [-0.3, -0.25) is 30.2 Å². The zero-order valence-corrected chi connectivity index (χ0v) is 27.2. The summed E-state index contributed by atoms with van der Waals surface area (Å²) in [5.74, 6) is 2.97. The van der Waals surface area contributed by atoms with E-state index in [0.29, 0.717) is 44.4 Å². The predicted molar refractivity (Wildman–Crippen MR) is 184 cm³/mol. The number of ether oxygens (including phenoxy) is 2. The first-order chi connectivity index (χ1) is 23.8. The number of nitrogens with one attached hydrogen (secondary N) is 1. The van der Waals surface area contributed by atoms with Gasteiger partial charge in [0.15, 0.2) is 23.1 Å². The molecule has 0 saturated carbocycles. The first-order valence-electron chi connectivity index (χ1n) is 14.3. The molecular weight excluding hydrogens is 694 g/mol. The predicted octanol–water partition coefficient (Wildman–Crippen LogP) is 7.36. The van der Waals surface area contributed by atoms with E-state index < -0.39 is 9.85 Å². The Kier molecular flexibility index (Phi) is 8.84. The number of benzene rings is 1. The quantitative estimate of drug-likeness (QED) is 0.0933. The minimum atomic E-state index is -0.464. The van der Waals surface area contributed by atoms with Crippen molar-refractivity contribution in [1.29, 1.82) is 0 Å². The van der Waals surface area contributed by atoms with Gasteiger partial charge in [-0.25, -0.2) is 19.9 Å². The van der Waals surface area contributed by atoms with E-state index in [1.807, 2.05) is 18.2 Å². The molecule has 6 aromatic heterocycles. The summed E-state index contributed by atoms with van der Waals surface area (Å²) in [6.45, 7) is 0.829. The second-order valence-electron chi connectivity index (χ2n) is 10.2. The lowest BCUT2D eigenvalue weighted by atomic mass is 10.1. The molecule has 244 valence electrons. The lowest BCUT2D eigenvalue weighted by molar-refractivity contribution is -0.380. The monoisotopic (exact) mass is 713 g/mol. The van der Waals surface area contributed by atoms with Crippen molar-refractivity contribution < 1.29 is 19.3 Å². The van der Waals surface area contributed by atoms with Gasteiger partial charge in [-0.2, -0.15) is 0 Å². The van der Waals surface area contributed by atoms with Crippen LogP contribution in [0.1, 0.15) is 5.56 Å². The number of rotatable bonds is 8. The fourth-order valence-corrected chi connectivity index (χ4v) is 6.75. The minimum absolute atomic E-state index is 0.00178. The van der Waals surface area contributed by atoms with Crippen LogP contribution in [-0.4, -0.2) is 53.1 Å². The number of thiophene rings is 2. The summed E-state index contributed by atoms with van der Waals surface area (Å²) in [5.41, 5.74) is 2.64. The van der Waals surface area contributed by atoms with Crippen LogP contribution < -0.4 is 14.8 Å². The van der Waals surface area contributed by atoms with Gasteiger partial charge < -0.3 is 14.8 Å². The fraction of sp³-hybridized carbons (Fsp3) is 0.0968. The van der Waals surface area contributed by atoms with Gasteiger partial charge in [0, 0.05) is 54.6 Å². The number of fused-ring (bicyclic) bond motifs is 3. The van der Waals surface area contributed by atoms with Crippen molar-refractivity contribution >= 4 is 70.5 Å². The van der Waals surface area contributed by atoms with Crippen LogP contribution in [0, 0.1) is 20.2 Å². The Balaban J connectivity index is 0.000000171. The third-order valence-corrected chi connectivity index (χ3v) is 9.34. The first-order valence-corrected chi connectivity index (χ1v) is 16.3. The molecule has 1 aromatic carbocycles. The van der Waals surface area contributed by atoms with Gasteiger partial charge in [-0.1, -0.05) is 17.7 Å². The molecule has 15 nitrogen and oxygen atoms in total. The van der Waals surface area contributed by atoms with Crippen LogP contribution in [0.2, 0.25) is 5.15 Å². The van der Waals surface area contributed by atoms with E-state index in [1.54, 1.807) is 49.1 Å². The van der Waals surface area contributed by atoms with Gasteiger partial charge in [0.1, 0.15) is 20.6 Å². The molecule has 0 atom stereocenters. The highest BCUT2D eigenvalue weighted by Gasteiger charge is 2.19. The number of hydrogen-bond acceptors (Lipinski definition) is 15. The van der Waals surface area contributed by atoms with Crippen LogP contribution in [0.25, 0.3) is 43.2 Å². The number of nitro groups is 2. The Morgan fingerprint density at radius 3 is 1.94 bits per heavy atom. The molecule has 0 bridgehead atoms. The van der Waals surface area contributed by atoms with E-state index in [9.17, 15) is 20.2 Å². The molecule has 0 unspecified atom stereocenters. The van der Waals surface area contributed by atoms with E-state index in [2.05, 4.69) is 35.2 Å². The van der Waals surface area contributed by atoms with Crippen LogP contribution in [0.3, 0.4) is 0 Å². The molecule has 1 aliphatic heterocycles. The average molecular weight is 714 g/mol. The highest BCUT2D eigenvalue weighted by atomic mass is 35.5. The van der Waals surface area contributed by atoms with Crippen LogP contribution in [0.4, 0.5) is 15.8 Å². The Labute approximate surface area is 288 Å². The zero-order chi connectivity index (χ0) is 33.9. The maximum absolute atomic E-state index is 11.2. The summed E-state index contributed by atoms with van der Waals surface area (Å²) < 4.78 is 10.8. The normalized spacial score (nSPS) is 11.7. The molecule has 49 heavy (non-hydrogen) atoms. The molecule has 0 fully saturated rings. The van der Waals surface area contributed by atoms with Gasteiger partial charge in [-0.15, -0.1) is 0 Å². The molecule has 0 aliphatic carbocycles. The highest BCUT2D eigenvalue weighted by Crippen LogP contribution is 2.37. The Morgan fingerprint density at radius 1 is 0.735 bits per heavy atom. The first kappa shape index (κ1) is 31.7. The highest BCUT2D eigenvalue weighted by molar-refractivity contribution is 7.22. The maximum Gasteiger partial charge on any atom is 0.326 e. The number of pyridine rings is 2. The standard InChI is InChI=1S/C20H15N5O4S.C11H5ClN4O2S/c26-25(27)17-10-14-19(22-8-3-12-1-2-15-16(9-12)29-11-28-15)23-18(24-20(14)30-17)13-4-6-21-7-5-13;12-9-7-5-8(16(17)18)19-11(7)15-10(14-9)6-1-3-13-4-2-6/h1-2,4-7,9-10H,3,8,11H2,(H,22,23,24);1-5H. The lowest BCUT2D eigenvalue weighted by Crippen LogP contribution is -2.07. The van der Waals surface area contributed by atoms with Crippen molar-refractivity contribution in [3.05, 3.63) is 110 Å². The van der Waals surface area contributed by atoms with Crippen molar-refractivity contribution in [3.8, 4) is 34.3 Å². The number of anilines is 1. The largest absolute Gasteiger partial charge is 0.454 e. The summed E-state index contributed by atoms with van der Waals surface area (Å²) >= 11 is 8.06. The molecule has 0 amide bonds. The molecule has 0 saturated heterocycles. The topological polar surface area (TPSA) is 194 Å². The zero-order valence-electron chi connectivity index (χ0n) is 24.8. The van der Waals surface area contributed by atoms with Gasteiger partial charge in [0.05, 0.1) is 20.6 Å². The van der Waals surface area contributed by atoms with Crippen molar-refractivity contribution in [3.63, 3.8) is 0 Å². The number of aromatic nitrogens is 6. The minimum Gasteiger partial charge on any atom is -0.454 e. The third kappa shape index (κ3) is 6.89. The molecule has 0 spiro atoms. The SMILES string of the molecule is O=[N+]([O-])c1cc2c(Cl)nc(-c3ccncc3)nc2s1.O=[N+]([O-])c1cc2c(NCCc3ccc4c(c3)OCO4)nc(-c3ccncc3)nc2s1. The van der Waals surface area contributed by atoms with E-state index in [0.717, 1.165) is 57.3 Å². The molecule has 1 N–H and O–H groups in total. The molecule has 7 aromatic rings. The van der Waals surface area contributed by atoms with E-state index in [1.165, 1.54) is 12.1 Å². The Bertz CT molecular complexity index is 2340. The molecular formula is C31H20ClN9O6S2. The van der Waals surface area contributed by atoms with Gasteiger partial charge >= 0.3 is 10.0 Å². The summed E-state index contributed by atoms with van der Waals surface area (Å²) in [5, 5.41) is 26.7. The van der Waals surface area contributed by atoms with Gasteiger partial charge in [0.2, 0.25) is 6.79 Å². The van der Waals surface area contributed by atoms with E-state index in [-0.39, 0.29) is 21.9 Å². The van der Waals surface area contributed by atoms with Crippen LogP contribution in [0.5, 0.6) is 11.5 Å².